The Hall–Kier alpha value is -3.56. The maximum Gasteiger partial charge on any atom is 0.410 e. The Morgan fingerprint density at radius 1 is 1.25 bits per heavy atom. The lowest BCUT2D eigenvalue weighted by Crippen LogP contribution is -2.48. The van der Waals surface area contributed by atoms with E-state index in [2.05, 4.69) is 6.58 Å². The van der Waals surface area contributed by atoms with Crippen LogP contribution >= 0.6 is 0 Å². The van der Waals surface area contributed by atoms with Crippen molar-refractivity contribution in [3.8, 4) is 5.75 Å². The summed E-state index contributed by atoms with van der Waals surface area (Å²) >= 11 is 0. The van der Waals surface area contributed by atoms with Crippen LogP contribution in [0.25, 0.3) is 10.9 Å². The number of pyridine rings is 1. The summed E-state index contributed by atoms with van der Waals surface area (Å²) in [4.78, 5) is 41.5. The highest BCUT2D eigenvalue weighted by atomic mass is 19.1. The number of amides is 1. The maximum absolute atomic E-state index is 15.6. The SMILES string of the molecule is C=CCOC(=O)N1CCC[C@H]2CN(c3c(F)cc4c(=O)c(C(=O)OCC)cn(C5CC5)c4c3O)C[C@H]21. The third-order valence-electron chi connectivity index (χ3n) is 7.31. The first kappa shape index (κ1) is 24.1. The number of rotatable bonds is 6. The zero-order chi connectivity index (χ0) is 25.6. The molecule has 1 aliphatic carbocycles. The van der Waals surface area contributed by atoms with Crippen LogP contribution < -0.4 is 10.3 Å². The molecule has 2 atom stereocenters. The van der Waals surface area contributed by atoms with Crippen LogP contribution in [0.4, 0.5) is 14.9 Å². The van der Waals surface area contributed by atoms with Gasteiger partial charge in [0.2, 0.25) is 5.43 Å². The predicted octanol–water partition coefficient (Wildman–Crippen LogP) is 3.58. The van der Waals surface area contributed by atoms with Gasteiger partial charge in [0, 0.05) is 31.9 Å². The molecule has 1 amide bonds. The Morgan fingerprint density at radius 2 is 2.03 bits per heavy atom. The molecule has 1 saturated carbocycles. The summed E-state index contributed by atoms with van der Waals surface area (Å²) in [6, 6.07) is 0.927. The van der Waals surface area contributed by atoms with Gasteiger partial charge in [-0.05, 0) is 44.6 Å². The molecule has 1 aromatic heterocycles. The van der Waals surface area contributed by atoms with Crippen molar-refractivity contribution in [2.45, 2.75) is 44.7 Å². The van der Waals surface area contributed by atoms with Gasteiger partial charge in [-0.2, -0.15) is 0 Å². The zero-order valence-electron chi connectivity index (χ0n) is 20.2. The van der Waals surface area contributed by atoms with Gasteiger partial charge in [-0.3, -0.25) is 4.79 Å². The molecular formula is C26H30FN3O6. The van der Waals surface area contributed by atoms with Crippen molar-refractivity contribution in [3.05, 3.63) is 46.5 Å². The van der Waals surface area contributed by atoms with E-state index in [4.69, 9.17) is 9.47 Å². The van der Waals surface area contributed by atoms with Gasteiger partial charge in [-0.25, -0.2) is 14.0 Å². The minimum absolute atomic E-state index is 0.00164. The number of likely N-dealkylation sites (tertiary alicyclic amines) is 1. The van der Waals surface area contributed by atoms with Crippen LogP contribution in [0.1, 0.15) is 49.0 Å². The molecule has 0 spiro atoms. The van der Waals surface area contributed by atoms with Crippen LogP contribution in [0, 0.1) is 11.7 Å². The molecule has 3 fully saturated rings. The number of halogens is 1. The summed E-state index contributed by atoms with van der Waals surface area (Å²) in [6.07, 6.45) is 5.83. The van der Waals surface area contributed by atoms with Crippen molar-refractivity contribution in [1.82, 2.24) is 9.47 Å². The molecule has 10 heteroatoms. The number of esters is 1. The molecule has 2 aliphatic heterocycles. The Labute approximate surface area is 207 Å². The summed E-state index contributed by atoms with van der Waals surface area (Å²) in [7, 11) is 0. The molecule has 1 aromatic carbocycles. The first-order valence-corrected chi connectivity index (χ1v) is 12.4. The predicted molar refractivity (Wildman–Crippen MR) is 131 cm³/mol. The van der Waals surface area contributed by atoms with Gasteiger partial charge < -0.3 is 28.9 Å². The largest absolute Gasteiger partial charge is 0.504 e. The Balaban J connectivity index is 1.55. The van der Waals surface area contributed by atoms with E-state index in [1.165, 1.54) is 12.3 Å². The third-order valence-corrected chi connectivity index (χ3v) is 7.31. The second kappa shape index (κ2) is 9.48. The average Bonchev–Trinajstić information content (AvgIpc) is 3.61. The number of piperidine rings is 1. The van der Waals surface area contributed by atoms with Gasteiger partial charge in [0.1, 0.15) is 17.9 Å². The van der Waals surface area contributed by atoms with Gasteiger partial charge in [-0.1, -0.05) is 12.7 Å². The van der Waals surface area contributed by atoms with Gasteiger partial charge in [0.15, 0.2) is 11.6 Å². The van der Waals surface area contributed by atoms with Gasteiger partial charge in [0.25, 0.3) is 0 Å². The van der Waals surface area contributed by atoms with E-state index in [0.717, 1.165) is 31.7 Å². The molecule has 3 aliphatic rings. The van der Waals surface area contributed by atoms with Crippen molar-refractivity contribution in [2.24, 2.45) is 5.92 Å². The zero-order valence-corrected chi connectivity index (χ0v) is 20.2. The standard InChI is InChI=1S/C26H30FN3O6/c1-3-10-36-26(34)29-9-5-6-15-12-28(14-20(15)29)22-19(27)11-17-21(24(22)32)30(16-7-8-16)13-18(23(17)31)25(33)35-4-2/h3,11,13,15-16,20,32H,1,4-10,12,14H2,2H3/t15-,20+/m0/s1. The number of phenolic OH excluding ortho intramolecular Hbond substituents is 1. The fourth-order valence-corrected chi connectivity index (χ4v) is 5.56. The maximum atomic E-state index is 15.6. The van der Waals surface area contributed by atoms with Crippen LogP contribution in [0.3, 0.4) is 0 Å². The summed E-state index contributed by atoms with van der Waals surface area (Å²) in [5.74, 6) is -1.75. The summed E-state index contributed by atoms with van der Waals surface area (Å²) in [5.41, 5.74) is -0.630. The van der Waals surface area contributed by atoms with E-state index in [1.54, 1.807) is 21.3 Å². The number of hydrogen-bond acceptors (Lipinski definition) is 7. The highest BCUT2D eigenvalue weighted by Gasteiger charge is 2.43. The number of benzene rings is 1. The van der Waals surface area contributed by atoms with Crippen molar-refractivity contribution < 1.29 is 28.6 Å². The number of fused-ring (bicyclic) bond motifs is 2. The van der Waals surface area contributed by atoms with Crippen LogP contribution in [0.5, 0.6) is 5.75 Å². The van der Waals surface area contributed by atoms with Gasteiger partial charge in [-0.15, -0.1) is 0 Å². The Kier molecular flexibility index (Phi) is 6.36. The second-order valence-electron chi connectivity index (χ2n) is 9.62. The summed E-state index contributed by atoms with van der Waals surface area (Å²) in [6.45, 7) is 6.77. The number of anilines is 1. The molecular weight excluding hydrogens is 469 g/mol. The fraction of sp³-hybridized carbons (Fsp3) is 0.500. The van der Waals surface area contributed by atoms with Crippen molar-refractivity contribution in [3.63, 3.8) is 0 Å². The normalized spacial score (nSPS) is 21.4. The highest BCUT2D eigenvalue weighted by Crippen LogP contribution is 2.45. The topological polar surface area (TPSA) is 101 Å². The van der Waals surface area contributed by atoms with E-state index < -0.39 is 23.3 Å². The number of hydrogen-bond donors (Lipinski definition) is 1. The molecule has 0 radical (unpaired) electrons. The molecule has 5 rings (SSSR count). The lowest BCUT2D eigenvalue weighted by atomic mass is 9.92. The van der Waals surface area contributed by atoms with E-state index in [9.17, 15) is 19.5 Å². The molecule has 36 heavy (non-hydrogen) atoms. The molecule has 2 saturated heterocycles. The van der Waals surface area contributed by atoms with E-state index >= 15 is 4.39 Å². The third kappa shape index (κ3) is 4.08. The lowest BCUT2D eigenvalue weighted by Gasteiger charge is -2.35. The molecule has 0 bridgehead atoms. The van der Waals surface area contributed by atoms with Crippen LogP contribution in [-0.4, -0.2) is 65.5 Å². The van der Waals surface area contributed by atoms with E-state index in [0.29, 0.717) is 19.6 Å². The number of carbonyl (C=O) groups excluding carboxylic acids is 2. The summed E-state index contributed by atoms with van der Waals surface area (Å²) in [5, 5.41) is 11.3. The number of nitrogens with zero attached hydrogens (tertiary/aromatic N) is 3. The molecule has 192 valence electrons. The molecule has 0 unspecified atom stereocenters. The average molecular weight is 500 g/mol. The fourth-order valence-electron chi connectivity index (χ4n) is 5.56. The number of aromatic hydroxyl groups is 1. The smallest absolute Gasteiger partial charge is 0.410 e. The number of carbonyl (C=O) groups is 2. The number of phenols is 1. The second-order valence-corrected chi connectivity index (χ2v) is 9.62. The Morgan fingerprint density at radius 3 is 2.72 bits per heavy atom. The van der Waals surface area contributed by atoms with Crippen LogP contribution in [-0.2, 0) is 9.47 Å². The molecule has 2 aromatic rings. The molecule has 1 N–H and O–H groups in total. The van der Waals surface area contributed by atoms with Gasteiger partial charge in [0.05, 0.1) is 23.6 Å². The van der Waals surface area contributed by atoms with Gasteiger partial charge >= 0.3 is 12.1 Å². The first-order chi connectivity index (χ1) is 17.3. The van der Waals surface area contributed by atoms with Crippen molar-refractivity contribution in [1.29, 1.82) is 0 Å². The monoisotopic (exact) mass is 499 g/mol. The van der Waals surface area contributed by atoms with Crippen LogP contribution in [0.2, 0.25) is 0 Å². The van der Waals surface area contributed by atoms with Crippen molar-refractivity contribution >= 4 is 28.7 Å². The first-order valence-electron chi connectivity index (χ1n) is 12.4. The number of aromatic nitrogens is 1. The minimum atomic E-state index is -0.769. The number of ether oxygens (including phenoxy) is 2. The van der Waals surface area contributed by atoms with Crippen LogP contribution in [0.15, 0.2) is 29.7 Å². The highest BCUT2D eigenvalue weighted by molar-refractivity contribution is 5.97. The minimum Gasteiger partial charge on any atom is -0.504 e. The molecule has 3 heterocycles. The van der Waals surface area contributed by atoms with Crippen molar-refractivity contribution in [2.75, 3.05) is 37.7 Å². The quantitative estimate of drug-likeness (QED) is 0.479. The van der Waals surface area contributed by atoms with E-state index in [1.807, 2.05) is 0 Å². The lowest BCUT2D eigenvalue weighted by molar-refractivity contribution is 0.0524. The molecule has 9 nitrogen and oxygen atoms in total. The van der Waals surface area contributed by atoms with E-state index in [-0.39, 0.29) is 59.1 Å². The summed E-state index contributed by atoms with van der Waals surface area (Å²) < 4.78 is 27.5. The Bertz CT molecular complexity index is 1290.